The van der Waals surface area contributed by atoms with Crippen molar-refractivity contribution in [2.24, 2.45) is 17.8 Å². The van der Waals surface area contributed by atoms with Crippen molar-refractivity contribution in [1.82, 2.24) is 9.80 Å². The van der Waals surface area contributed by atoms with E-state index in [-0.39, 0.29) is 31.6 Å². The molecule has 5 N–H and O–H groups in total. The third-order valence-electron chi connectivity index (χ3n) is 13.0. The van der Waals surface area contributed by atoms with Crippen LogP contribution in [0.4, 0.5) is 0 Å². The van der Waals surface area contributed by atoms with Crippen LogP contribution in [0.5, 0.6) is 0 Å². The standard InChI is InChI=1S/C42H74N2O15/c1-15-29-42(10,52)35(48)26(6)43(11)21-22(2)19-40(8,51)37(59-39-33(47)28(18-23(3)55-39)44(12)30(45)16-17-31(46)53-13)24(4)34(25(5)38(50)57-29)58-32-20-41(9,54-14)36(49)27(7)56-32/h16-17,22-29,32-37,39,47-49,51-52H,15,18-21H2,1-14H3/b17-16+/t22-,23-,24+,25-,26-,27-,28+,29-,32-,33-,34+,35-,36-,37-,39+,40?,41+,42-/m0/s1. The van der Waals surface area contributed by atoms with Crippen LogP contribution >= 0.6 is 0 Å². The van der Waals surface area contributed by atoms with Crippen molar-refractivity contribution < 1.29 is 73.1 Å². The predicted molar refractivity (Wildman–Crippen MR) is 214 cm³/mol. The zero-order valence-electron chi connectivity index (χ0n) is 37.6. The average Bonchev–Trinajstić information content (AvgIpc) is 3.17. The Morgan fingerprint density at radius 1 is 0.949 bits per heavy atom. The van der Waals surface area contributed by atoms with Gasteiger partial charge in [-0.3, -0.25) is 9.59 Å². The summed E-state index contributed by atoms with van der Waals surface area (Å²) in [7, 11) is 5.94. The van der Waals surface area contributed by atoms with Crippen LogP contribution in [-0.2, 0) is 47.5 Å². The number of carbonyl (C=O) groups is 3. The van der Waals surface area contributed by atoms with E-state index in [1.165, 1.54) is 33.1 Å². The van der Waals surface area contributed by atoms with Crippen molar-refractivity contribution in [3.63, 3.8) is 0 Å². The van der Waals surface area contributed by atoms with E-state index in [0.29, 0.717) is 6.54 Å². The maximum atomic E-state index is 14.3. The number of amides is 1. The van der Waals surface area contributed by atoms with Gasteiger partial charge in [-0.1, -0.05) is 20.8 Å². The van der Waals surface area contributed by atoms with Gasteiger partial charge in [0.25, 0.3) is 0 Å². The van der Waals surface area contributed by atoms with Gasteiger partial charge < -0.3 is 68.5 Å². The lowest BCUT2D eigenvalue weighted by molar-refractivity contribution is -0.317. The van der Waals surface area contributed by atoms with E-state index in [1.54, 1.807) is 62.4 Å². The molecule has 3 aliphatic heterocycles. The summed E-state index contributed by atoms with van der Waals surface area (Å²) in [6, 6.07) is -1.44. The summed E-state index contributed by atoms with van der Waals surface area (Å²) in [6.07, 6.45) is -8.31. The van der Waals surface area contributed by atoms with Crippen LogP contribution in [0.25, 0.3) is 0 Å². The summed E-state index contributed by atoms with van der Waals surface area (Å²) in [6.45, 7) is 17.3. The molecular weight excluding hydrogens is 772 g/mol. The molecule has 17 nitrogen and oxygen atoms in total. The highest BCUT2D eigenvalue weighted by Gasteiger charge is 2.53. The number of ether oxygens (including phenoxy) is 7. The topological polar surface area (TPSA) is 223 Å². The third-order valence-corrected chi connectivity index (χ3v) is 13.0. The normalized spacial score (nSPS) is 44.9. The van der Waals surface area contributed by atoms with Crippen LogP contribution in [0.2, 0.25) is 0 Å². The van der Waals surface area contributed by atoms with E-state index < -0.39 is 120 Å². The summed E-state index contributed by atoms with van der Waals surface area (Å²) in [5.41, 5.74) is -4.64. The summed E-state index contributed by atoms with van der Waals surface area (Å²) in [4.78, 5) is 42.3. The van der Waals surface area contributed by atoms with E-state index >= 15 is 0 Å². The second-order valence-electron chi connectivity index (χ2n) is 18.0. The van der Waals surface area contributed by atoms with Crippen LogP contribution in [0.1, 0.15) is 94.9 Å². The fraction of sp³-hybridized carbons (Fsp3) is 0.881. The molecule has 59 heavy (non-hydrogen) atoms. The number of hydrogen-bond donors (Lipinski definition) is 5. The lowest BCUT2D eigenvalue weighted by Crippen LogP contribution is -2.61. The molecule has 0 aromatic heterocycles. The number of aliphatic hydroxyl groups is 5. The first-order chi connectivity index (χ1) is 27.3. The van der Waals surface area contributed by atoms with Gasteiger partial charge in [-0.15, -0.1) is 0 Å². The molecule has 1 unspecified atom stereocenters. The Bertz CT molecular complexity index is 1430. The molecule has 17 heteroatoms. The Hall–Kier alpha value is -2.29. The molecule has 0 saturated carbocycles. The second kappa shape index (κ2) is 20.7. The minimum atomic E-state index is -1.86. The first kappa shape index (κ1) is 51.1. The minimum Gasteiger partial charge on any atom is -0.466 e. The van der Waals surface area contributed by atoms with E-state index in [4.69, 9.17) is 28.4 Å². The molecule has 342 valence electrons. The number of aliphatic hydroxyl groups excluding tert-OH is 3. The molecule has 3 heterocycles. The van der Waals surface area contributed by atoms with Crippen molar-refractivity contribution >= 4 is 17.8 Å². The number of esters is 2. The summed E-state index contributed by atoms with van der Waals surface area (Å²) in [5, 5.41) is 58.7. The van der Waals surface area contributed by atoms with Gasteiger partial charge in [0.2, 0.25) is 5.91 Å². The van der Waals surface area contributed by atoms with E-state index in [9.17, 15) is 39.9 Å². The predicted octanol–water partition coefficient (Wildman–Crippen LogP) is 1.53. The van der Waals surface area contributed by atoms with E-state index in [2.05, 4.69) is 4.74 Å². The van der Waals surface area contributed by atoms with Crippen LogP contribution in [-0.4, -0.2) is 178 Å². The van der Waals surface area contributed by atoms with Crippen LogP contribution < -0.4 is 0 Å². The SMILES string of the molecule is CC[C@@H]1OC(=O)[C@@H](C)[C@H](O[C@H]2C[C@@](C)(OC)[C@@H](O)[C@H](C)O2)[C@@H](C)[C@H](O[C@H]2O[C@@H](C)C[C@@H](N(C)C(=O)/C=C/C(=O)OC)[C@@H]2O)C(C)(O)C[C@H](C)CN(C)[C@@H](C)[C@H](O)[C@@]1(C)O. The number of likely N-dealkylation sites (N-methyl/N-ethyl adjacent to an activating group) is 2. The number of methoxy groups -OCH3 is 2. The minimum absolute atomic E-state index is 0.0656. The van der Waals surface area contributed by atoms with Gasteiger partial charge in [-0.25, -0.2) is 4.79 Å². The molecule has 0 aliphatic carbocycles. The summed E-state index contributed by atoms with van der Waals surface area (Å²) in [5.74, 6) is -4.28. The summed E-state index contributed by atoms with van der Waals surface area (Å²) >= 11 is 0. The Labute approximate surface area is 350 Å². The summed E-state index contributed by atoms with van der Waals surface area (Å²) < 4.78 is 42.1. The van der Waals surface area contributed by atoms with Crippen LogP contribution in [0.15, 0.2) is 12.2 Å². The van der Waals surface area contributed by atoms with Gasteiger partial charge in [0.15, 0.2) is 12.6 Å². The number of carbonyl (C=O) groups excluding carboxylic acids is 3. The highest BCUT2D eigenvalue weighted by molar-refractivity contribution is 5.94. The lowest BCUT2D eigenvalue weighted by atomic mass is 9.77. The quantitative estimate of drug-likeness (QED) is 0.164. The van der Waals surface area contributed by atoms with Crippen molar-refractivity contribution in [2.75, 3.05) is 34.9 Å². The van der Waals surface area contributed by atoms with Crippen molar-refractivity contribution in [1.29, 1.82) is 0 Å². The second-order valence-corrected chi connectivity index (χ2v) is 18.0. The third kappa shape index (κ3) is 12.0. The van der Waals surface area contributed by atoms with Gasteiger partial charge in [0.1, 0.15) is 30.0 Å². The number of cyclic esters (lactones) is 1. The highest BCUT2D eigenvalue weighted by Crippen LogP contribution is 2.40. The van der Waals surface area contributed by atoms with Crippen molar-refractivity contribution in [2.45, 2.75) is 185 Å². The molecule has 3 rings (SSSR count). The van der Waals surface area contributed by atoms with Crippen molar-refractivity contribution in [3.05, 3.63) is 12.2 Å². The van der Waals surface area contributed by atoms with Crippen LogP contribution in [0, 0.1) is 17.8 Å². The van der Waals surface area contributed by atoms with Gasteiger partial charge >= 0.3 is 11.9 Å². The Morgan fingerprint density at radius 3 is 2.15 bits per heavy atom. The molecule has 18 atom stereocenters. The zero-order valence-corrected chi connectivity index (χ0v) is 37.6. The molecular formula is C42H74N2O15. The van der Waals surface area contributed by atoms with Gasteiger partial charge in [-0.2, -0.15) is 0 Å². The number of rotatable bonds is 9. The molecule has 0 radical (unpaired) electrons. The first-order valence-corrected chi connectivity index (χ1v) is 20.9. The Balaban J connectivity index is 2.17. The lowest BCUT2D eigenvalue weighted by Gasteiger charge is -2.49. The fourth-order valence-corrected chi connectivity index (χ4v) is 9.10. The average molecular weight is 847 g/mol. The van der Waals surface area contributed by atoms with E-state index in [1.807, 2.05) is 11.8 Å². The zero-order chi connectivity index (χ0) is 44.9. The Kier molecular flexibility index (Phi) is 17.9. The smallest absolute Gasteiger partial charge is 0.330 e. The van der Waals surface area contributed by atoms with Gasteiger partial charge in [0, 0.05) is 51.2 Å². The van der Waals surface area contributed by atoms with Crippen LogP contribution in [0.3, 0.4) is 0 Å². The monoisotopic (exact) mass is 847 g/mol. The molecule has 3 fully saturated rings. The largest absolute Gasteiger partial charge is 0.466 e. The molecule has 0 aromatic carbocycles. The fourth-order valence-electron chi connectivity index (χ4n) is 9.10. The van der Waals surface area contributed by atoms with Crippen molar-refractivity contribution in [3.8, 4) is 0 Å². The van der Waals surface area contributed by atoms with Gasteiger partial charge in [0.05, 0.1) is 54.7 Å². The highest BCUT2D eigenvalue weighted by atomic mass is 16.7. The molecule has 1 amide bonds. The molecule has 3 aliphatic rings. The van der Waals surface area contributed by atoms with Gasteiger partial charge in [-0.05, 0) is 80.7 Å². The molecule has 0 bridgehead atoms. The maximum Gasteiger partial charge on any atom is 0.330 e. The molecule has 0 spiro atoms. The van der Waals surface area contributed by atoms with E-state index in [0.717, 1.165) is 12.2 Å². The Morgan fingerprint density at radius 2 is 1.58 bits per heavy atom. The number of hydrogen-bond acceptors (Lipinski definition) is 16. The maximum absolute atomic E-state index is 14.3. The molecule has 0 aromatic rings. The first-order valence-electron chi connectivity index (χ1n) is 20.9. The molecule has 3 saturated heterocycles. The number of nitrogens with zero attached hydrogens (tertiary/aromatic N) is 2.